The zero-order valence-electron chi connectivity index (χ0n) is 13.8. The zero-order valence-corrected chi connectivity index (χ0v) is 14.6. The van der Waals surface area contributed by atoms with Gasteiger partial charge in [-0.15, -0.1) is 0 Å². The van der Waals surface area contributed by atoms with E-state index in [9.17, 15) is 0 Å². The number of nitrogens with two attached hydrogens (primary N) is 1. The van der Waals surface area contributed by atoms with Crippen LogP contribution < -0.4 is 11.1 Å². The Kier molecular flexibility index (Phi) is 6.94. The largest absolute Gasteiger partial charge is 0.399 e. The maximum atomic E-state index is 5.79. The third-order valence-electron chi connectivity index (χ3n) is 4.08. The van der Waals surface area contributed by atoms with Crippen LogP contribution in [0.15, 0.2) is 35.0 Å². The molecule has 1 unspecified atom stereocenters. The van der Waals surface area contributed by atoms with Crippen LogP contribution in [0.3, 0.4) is 0 Å². The lowest BCUT2D eigenvalue weighted by Gasteiger charge is -2.12. The van der Waals surface area contributed by atoms with Gasteiger partial charge in [-0.25, -0.2) is 0 Å². The van der Waals surface area contributed by atoms with Crippen LogP contribution >= 0.6 is 11.3 Å². The molecule has 2 aromatic rings. The lowest BCUT2D eigenvalue weighted by Crippen LogP contribution is -2.14. The van der Waals surface area contributed by atoms with E-state index in [4.69, 9.17) is 5.73 Å². The highest BCUT2D eigenvalue weighted by Crippen LogP contribution is 2.30. The number of thiophene rings is 1. The molecule has 0 bridgehead atoms. The van der Waals surface area contributed by atoms with Crippen molar-refractivity contribution in [3.63, 3.8) is 0 Å². The summed E-state index contributed by atoms with van der Waals surface area (Å²) in [5.41, 5.74) is 10.8. The number of nitrogens with one attached hydrogen (secondary N) is 1. The van der Waals surface area contributed by atoms with Crippen molar-refractivity contribution in [2.45, 2.75) is 39.5 Å². The minimum Gasteiger partial charge on any atom is -0.399 e. The monoisotopic (exact) mass is 316 g/mol. The highest BCUT2D eigenvalue weighted by Gasteiger charge is 2.10. The van der Waals surface area contributed by atoms with Crippen LogP contribution in [-0.2, 0) is 6.42 Å². The Hall–Kier alpha value is -1.32. The summed E-state index contributed by atoms with van der Waals surface area (Å²) >= 11 is 1.80. The Morgan fingerprint density at radius 3 is 2.64 bits per heavy atom. The molecule has 0 saturated carbocycles. The molecule has 0 amide bonds. The molecule has 1 heterocycles. The Bertz CT molecular complexity index is 545. The Morgan fingerprint density at radius 2 is 1.91 bits per heavy atom. The summed E-state index contributed by atoms with van der Waals surface area (Å²) in [6.45, 7) is 6.77. The summed E-state index contributed by atoms with van der Waals surface area (Å²) in [4.78, 5) is 0. The Labute approximate surface area is 138 Å². The lowest BCUT2D eigenvalue weighted by atomic mass is 9.93. The number of rotatable bonds is 9. The second kappa shape index (κ2) is 8.96. The van der Waals surface area contributed by atoms with Crippen molar-refractivity contribution >= 4 is 17.0 Å². The minimum atomic E-state index is 0.740. The first-order chi connectivity index (χ1) is 10.7. The molecule has 2 rings (SSSR count). The predicted octanol–water partition coefficient (Wildman–Crippen LogP) is 4.96. The van der Waals surface area contributed by atoms with E-state index in [0.29, 0.717) is 0 Å². The minimum absolute atomic E-state index is 0.740. The molecule has 0 aliphatic rings. The summed E-state index contributed by atoms with van der Waals surface area (Å²) in [6.07, 6.45) is 5.08. The molecular weight excluding hydrogens is 288 g/mol. The maximum Gasteiger partial charge on any atom is 0.0314 e. The van der Waals surface area contributed by atoms with Crippen molar-refractivity contribution in [1.29, 1.82) is 0 Å². The SMILES string of the molecule is CCNCCCCC(C)Cc1cscc1-c1ccc(N)cc1. The van der Waals surface area contributed by atoms with E-state index >= 15 is 0 Å². The molecule has 120 valence electrons. The molecular formula is C19H28N2S. The number of benzene rings is 1. The van der Waals surface area contributed by atoms with Crippen LogP contribution in [0, 0.1) is 5.92 Å². The van der Waals surface area contributed by atoms with Crippen molar-refractivity contribution < 1.29 is 0 Å². The van der Waals surface area contributed by atoms with Crippen molar-refractivity contribution in [3.05, 3.63) is 40.6 Å². The third kappa shape index (κ3) is 5.15. The first-order valence-corrected chi connectivity index (χ1v) is 9.26. The van der Waals surface area contributed by atoms with Gasteiger partial charge in [-0.05, 0) is 71.4 Å². The molecule has 1 atom stereocenters. The van der Waals surface area contributed by atoms with Gasteiger partial charge in [0, 0.05) is 5.69 Å². The molecule has 22 heavy (non-hydrogen) atoms. The van der Waals surface area contributed by atoms with Gasteiger partial charge in [-0.2, -0.15) is 11.3 Å². The topological polar surface area (TPSA) is 38.0 Å². The molecule has 3 heteroatoms. The summed E-state index contributed by atoms with van der Waals surface area (Å²) in [5.74, 6) is 0.740. The maximum absolute atomic E-state index is 5.79. The number of anilines is 1. The first kappa shape index (κ1) is 17.0. The summed E-state index contributed by atoms with van der Waals surface area (Å²) < 4.78 is 0. The van der Waals surface area contributed by atoms with Gasteiger partial charge in [0.2, 0.25) is 0 Å². The average Bonchev–Trinajstić information content (AvgIpc) is 2.96. The number of hydrogen-bond donors (Lipinski definition) is 2. The highest BCUT2D eigenvalue weighted by atomic mass is 32.1. The lowest BCUT2D eigenvalue weighted by molar-refractivity contribution is 0.489. The summed E-state index contributed by atoms with van der Waals surface area (Å²) in [5, 5.41) is 7.96. The van der Waals surface area contributed by atoms with Crippen LogP contribution in [0.5, 0.6) is 0 Å². The number of unbranched alkanes of at least 4 members (excludes halogenated alkanes) is 1. The van der Waals surface area contributed by atoms with E-state index in [0.717, 1.165) is 24.7 Å². The molecule has 2 nitrogen and oxygen atoms in total. The highest BCUT2D eigenvalue weighted by molar-refractivity contribution is 7.08. The fourth-order valence-corrected chi connectivity index (χ4v) is 3.67. The zero-order chi connectivity index (χ0) is 15.8. The summed E-state index contributed by atoms with van der Waals surface area (Å²) in [6, 6.07) is 8.23. The molecule has 0 aliphatic heterocycles. The predicted molar refractivity (Wildman–Crippen MR) is 99.4 cm³/mol. The van der Waals surface area contributed by atoms with Crippen LogP contribution in [0.25, 0.3) is 11.1 Å². The fourth-order valence-electron chi connectivity index (χ4n) is 2.79. The van der Waals surface area contributed by atoms with Crippen LogP contribution in [-0.4, -0.2) is 13.1 Å². The van der Waals surface area contributed by atoms with Crippen molar-refractivity contribution in [1.82, 2.24) is 5.32 Å². The van der Waals surface area contributed by atoms with E-state index in [-0.39, 0.29) is 0 Å². The van der Waals surface area contributed by atoms with E-state index < -0.39 is 0 Å². The molecule has 0 radical (unpaired) electrons. The van der Waals surface area contributed by atoms with E-state index in [2.05, 4.69) is 42.1 Å². The van der Waals surface area contributed by atoms with E-state index in [1.54, 1.807) is 11.3 Å². The van der Waals surface area contributed by atoms with Crippen LogP contribution in [0.4, 0.5) is 5.69 Å². The molecule has 0 saturated heterocycles. The van der Waals surface area contributed by atoms with Gasteiger partial charge in [0.15, 0.2) is 0 Å². The van der Waals surface area contributed by atoms with Gasteiger partial charge in [-0.1, -0.05) is 38.8 Å². The molecule has 1 aromatic carbocycles. The van der Waals surface area contributed by atoms with Gasteiger partial charge in [0.25, 0.3) is 0 Å². The fraction of sp³-hybridized carbons (Fsp3) is 0.474. The van der Waals surface area contributed by atoms with Gasteiger partial charge < -0.3 is 11.1 Å². The van der Waals surface area contributed by atoms with Gasteiger partial charge >= 0.3 is 0 Å². The molecule has 0 aliphatic carbocycles. The van der Waals surface area contributed by atoms with E-state index in [1.165, 1.54) is 42.4 Å². The summed E-state index contributed by atoms with van der Waals surface area (Å²) in [7, 11) is 0. The number of nitrogen functional groups attached to an aromatic ring is 1. The second-order valence-electron chi connectivity index (χ2n) is 6.09. The van der Waals surface area contributed by atoms with Crippen molar-refractivity contribution in [2.75, 3.05) is 18.8 Å². The normalized spacial score (nSPS) is 12.5. The van der Waals surface area contributed by atoms with Gasteiger partial charge in [-0.3, -0.25) is 0 Å². The Balaban J connectivity index is 1.88. The first-order valence-electron chi connectivity index (χ1n) is 8.32. The molecule has 0 spiro atoms. The second-order valence-corrected chi connectivity index (χ2v) is 6.83. The smallest absolute Gasteiger partial charge is 0.0314 e. The Morgan fingerprint density at radius 1 is 1.14 bits per heavy atom. The molecule has 0 fully saturated rings. The average molecular weight is 317 g/mol. The van der Waals surface area contributed by atoms with Crippen molar-refractivity contribution in [3.8, 4) is 11.1 Å². The number of hydrogen-bond acceptors (Lipinski definition) is 3. The standard InChI is InChI=1S/C19H28N2S/c1-3-21-11-5-4-6-15(2)12-17-13-22-14-19(17)16-7-9-18(20)10-8-16/h7-10,13-15,21H,3-6,11-12,20H2,1-2H3. The van der Waals surface area contributed by atoms with Crippen LogP contribution in [0.2, 0.25) is 0 Å². The van der Waals surface area contributed by atoms with Gasteiger partial charge in [0.05, 0.1) is 0 Å². The van der Waals surface area contributed by atoms with Crippen molar-refractivity contribution in [2.24, 2.45) is 5.92 Å². The van der Waals surface area contributed by atoms with Gasteiger partial charge in [0.1, 0.15) is 0 Å². The van der Waals surface area contributed by atoms with Crippen LogP contribution in [0.1, 0.15) is 38.7 Å². The van der Waals surface area contributed by atoms with E-state index in [1.807, 2.05) is 12.1 Å². The quantitative estimate of drug-likeness (QED) is 0.507. The molecule has 1 aromatic heterocycles. The third-order valence-corrected chi connectivity index (χ3v) is 4.88. The molecule has 3 N–H and O–H groups in total.